The highest BCUT2D eigenvalue weighted by Gasteiger charge is 2.84. The van der Waals surface area contributed by atoms with E-state index in [0.29, 0.717) is 15.7 Å². The Balaban J connectivity index is 2.34. The minimum absolute atomic E-state index is 0.545. The smallest absolute Gasteiger partial charge is 0.426 e. The molecule has 0 aliphatic carbocycles. The zero-order chi connectivity index (χ0) is 25.5. The zero-order valence-electron chi connectivity index (χ0n) is 15.4. The van der Waals surface area contributed by atoms with Crippen molar-refractivity contribution in [3.8, 4) is 0 Å². The van der Waals surface area contributed by atoms with Crippen LogP contribution in [0.4, 0.5) is 39.5 Å². The van der Waals surface area contributed by atoms with Gasteiger partial charge >= 0.3 is 44.5 Å². The lowest BCUT2D eigenvalue weighted by Gasteiger charge is -2.36. The lowest BCUT2D eigenvalue weighted by molar-refractivity contribution is -0.597. The molecule has 2 aromatic carbocycles. The van der Waals surface area contributed by atoms with Gasteiger partial charge in [-0.25, -0.2) is 16.8 Å². The molecule has 0 aromatic heterocycles. The van der Waals surface area contributed by atoms with Gasteiger partial charge in [0.2, 0.25) is 0 Å². The van der Waals surface area contributed by atoms with Gasteiger partial charge in [0.1, 0.15) is 10.0 Å². The topological polar surface area (TPSA) is 82.4 Å². The Morgan fingerprint density at radius 1 is 0.636 bits per heavy atom. The summed E-state index contributed by atoms with van der Waals surface area (Å²) in [4.78, 5) is -1.10. The summed E-state index contributed by atoms with van der Waals surface area (Å²) in [5.41, 5.74) is 0. The number of benzene rings is 2. The first-order valence-electron chi connectivity index (χ1n) is 8.00. The SMILES string of the molecule is O=S(=O)([N-]S(=O)(=O)C(F)(F)C(F)(F)C(F)(F)C(F)(F)F)c1ccc([I+]c2ccccc2)cc1. The number of alkyl halides is 9. The molecule has 0 heterocycles. The van der Waals surface area contributed by atoms with Crippen molar-refractivity contribution in [1.82, 2.24) is 0 Å². The lowest BCUT2D eigenvalue weighted by atomic mass is 10.1. The first-order valence-corrected chi connectivity index (χ1v) is 13.0. The molecule has 0 amide bonds. The molecule has 2 aromatic rings. The average Bonchev–Trinajstić information content (AvgIpc) is 2.67. The van der Waals surface area contributed by atoms with Gasteiger partial charge in [-0.15, -0.1) is 0 Å². The van der Waals surface area contributed by atoms with Gasteiger partial charge < -0.3 is 4.13 Å². The Morgan fingerprint density at radius 3 is 1.55 bits per heavy atom. The predicted molar refractivity (Wildman–Crippen MR) is 90.6 cm³/mol. The third-order valence-corrected chi connectivity index (χ3v) is 9.73. The molecule has 184 valence electrons. The van der Waals surface area contributed by atoms with Crippen molar-refractivity contribution in [2.45, 2.75) is 28.2 Å². The fourth-order valence-corrected chi connectivity index (χ4v) is 6.91. The molecule has 2 rings (SSSR count). The summed E-state index contributed by atoms with van der Waals surface area (Å²) in [7, 11) is -13.2. The van der Waals surface area contributed by atoms with Crippen LogP contribution < -0.4 is 21.2 Å². The van der Waals surface area contributed by atoms with Crippen molar-refractivity contribution in [2.24, 2.45) is 0 Å². The summed E-state index contributed by atoms with van der Waals surface area (Å²) in [5, 5.41) is -7.23. The average molecular weight is 641 g/mol. The van der Waals surface area contributed by atoms with E-state index in [1.54, 1.807) is 34.5 Å². The van der Waals surface area contributed by atoms with Crippen LogP contribution in [0.1, 0.15) is 0 Å². The van der Waals surface area contributed by atoms with Crippen molar-refractivity contribution < 1.29 is 77.6 Å². The van der Waals surface area contributed by atoms with E-state index in [1.165, 1.54) is 0 Å². The van der Waals surface area contributed by atoms with Crippen LogP contribution in [0.2, 0.25) is 0 Å². The molecule has 0 fully saturated rings. The van der Waals surface area contributed by atoms with Gasteiger partial charge in [0.25, 0.3) is 0 Å². The van der Waals surface area contributed by atoms with Gasteiger partial charge in [0.15, 0.2) is 17.2 Å². The highest BCUT2D eigenvalue weighted by atomic mass is 127. The quantitative estimate of drug-likeness (QED) is 0.325. The molecule has 0 aliphatic heterocycles. The van der Waals surface area contributed by atoms with Crippen LogP contribution in [-0.4, -0.2) is 40.1 Å². The Bertz CT molecular complexity index is 1200. The summed E-state index contributed by atoms with van der Waals surface area (Å²) >= 11 is -0.861. The molecular weight excluding hydrogens is 632 g/mol. The van der Waals surface area contributed by atoms with Gasteiger partial charge in [-0.2, -0.15) is 39.5 Å². The molecule has 0 saturated carbocycles. The molecule has 33 heavy (non-hydrogen) atoms. The minimum Gasteiger partial charge on any atom is -0.426 e. The molecule has 0 saturated heterocycles. The molecule has 5 nitrogen and oxygen atoms in total. The Morgan fingerprint density at radius 2 is 1.09 bits per heavy atom. The number of sulfonamides is 2. The fourth-order valence-electron chi connectivity index (χ4n) is 2.01. The van der Waals surface area contributed by atoms with Crippen LogP contribution in [-0.2, 0) is 20.0 Å². The van der Waals surface area contributed by atoms with Crippen LogP contribution in [0.5, 0.6) is 0 Å². The predicted octanol–water partition coefficient (Wildman–Crippen LogP) is 1.63. The second-order valence-electron chi connectivity index (χ2n) is 6.03. The maximum absolute atomic E-state index is 13.7. The van der Waals surface area contributed by atoms with Gasteiger partial charge in [-0.05, 0) is 36.4 Å². The number of rotatable bonds is 8. The van der Waals surface area contributed by atoms with Crippen LogP contribution >= 0.6 is 0 Å². The van der Waals surface area contributed by atoms with E-state index in [-0.39, 0.29) is 0 Å². The van der Waals surface area contributed by atoms with Gasteiger partial charge in [0.05, 0.1) is 0 Å². The standard InChI is InChI=1S/C16H9F9INO4S2/c17-13(18,15(21,22)23)14(19,20)16(24,25)33(30,31)27-32(28,29)12-8-6-11(7-9-12)26-10-4-2-1-3-5-10/h1-9H. The first kappa shape index (κ1) is 27.6. The van der Waals surface area contributed by atoms with E-state index in [9.17, 15) is 56.3 Å². The molecule has 0 radical (unpaired) electrons. The largest absolute Gasteiger partial charge is 0.460 e. The molecule has 0 atom stereocenters. The monoisotopic (exact) mass is 641 g/mol. The van der Waals surface area contributed by atoms with E-state index >= 15 is 0 Å². The molecule has 0 aliphatic rings. The fraction of sp³-hybridized carbons (Fsp3) is 0.250. The molecule has 0 bridgehead atoms. The van der Waals surface area contributed by atoms with Crippen molar-refractivity contribution in [1.29, 1.82) is 0 Å². The third-order valence-electron chi connectivity index (χ3n) is 3.70. The van der Waals surface area contributed by atoms with Crippen molar-refractivity contribution in [2.75, 3.05) is 0 Å². The molecule has 0 unspecified atom stereocenters. The summed E-state index contributed by atoms with van der Waals surface area (Å²) in [6.45, 7) is 0. The van der Waals surface area contributed by atoms with Crippen molar-refractivity contribution in [3.63, 3.8) is 0 Å². The van der Waals surface area contributed by atoms with E-state index < -0.39 is 69.4 Å². The number of hydrogen-bond donors (Lipinski definition) is 0. The summed E-state index contributed by atoms with van der Waals surface area (Å²) < 4.78 is 166. The third kappa shape index (κ3) is 5.24. The normalized spacial score (nSPS) is 14.3. The highest BCUT2D eigenvalue weighted by molar-refractivity contribution is 8.12. The van der Waals surface area contributed by atoms with Crippen molar-refractivity contribution >= 4 is 20.0 Å². The molecule has 0 N–H and O–H groups in total. The van der Waals surface area contributed by atoms with Gasteiger partial charge in [0, 0.05) is 4.90 Å². The van der Waals surface area contributed by atoms with Gasteiger partial charge in [-0.3, -0.25) is 0 Å². The summed E-state index contributed by atoms with van der Waals surface area (Å²) in [6.07, 6.45) is -7.29. The maximum atomic E-state index is 13.7. The molecule has 17 heteroatoms. The van der Waals surface area contributed by atoms with E-state index in [4.69, 9.17) is 0 Å². The van der Waals surface area contributed by atoms with E-state index in [1.807, 2.05) is 0 Å². The molecular formula is C16H9F9INO4S2. The van der Waals surface area contributed by atoms with Crippen LogP contribution in [0.25, 0.3) is 4.13 Å². The van der Waals surface area contributed by atoms with Crippen LogP contribution in [0.3, 0.4) is 0 Å². The second kappa shape index (κ2) is 8.88. The van der Waals surface area contributed by atoms with E-state index in [2.05, 4.69) is 0 Å². The molecule has 0 spiro atoms. The first-order chi connectivity index (χ1) is 14.8. The summed E-state index contributed by atoms with van der Waals surface area (Å²) in [6, 6.07) is 12.3. The Kier molecular flexibility index (Phi) is 7.44. The summed E-state index contributed by atoms with van der Waals surface area (Å²) in [5.74, 6) is -15.1. The Labute approximate surface area is 191 Å². The number of halogens is 10. The highest BCUT2D eigenvalue weighted by Crippen LogP contribution is 2.55. The van der Waals surface area contributed by atoms with Crippen molar-refractivity contribution in [3.05, 3.63) is 65.9 Å². The number of hydrogen-bond acceptors (Lipinski definition) is 4. The van der Waals surface area contributed by atoms with Crippen LogP contribution in [0.15, 0.2) is 59.5 Å². The van der Waals surface area contributed by atoms with Crippen LogP contribution in [0, 0.1) is 7.14 Å². The Hall–Kier alpha value is -1.60. The number of nitrogens with zero attached hydrogens (tertiary/aromatic N) is 1. The second-order valence-corrected chi connectivity index (χ2v) is 12.5. The van der Waals surface area contributed by atoms with Gasteiger partial charge in [-0.1, -0.05) is 18.2 Å². The maximum Gasteiger partial charge on any atom is 0.460 e. The minimum atomic E-state index is -7.58. The lowest BCUT2D eigenvalue weighted by Crippen LogP contribution is -3.61. The zero-order valence-corrected chi connectivity index (χ0v) is 19.2. The van der Waals surface area contributed by atoms with E-state index in [0.717, 1.165) is 15.7 Å².